The van der Waals surface area contributed by atoms with Crippen LogP contribution in [0.5, 0.6) is 11.5 Å². The van der Waals surface area contributed by atoms with Crippen molar-refractivity contribution in [3.05, 3.63) is 58.7 Å². The van der Waals surface area contributed by atoms with E-state index in [1.807, 2.05) is 28.0 Å². The zero-order valence-corrected chi connectivity index (χ0v) is 23.4. The molecule has 0 aromatic heterocycles. The summed E-state index contributed by atoms with van der Waals surface area (Å²) in [4.78, 5) is 47.2. The molecule has 0 aliphatic carbocycles. The summed E-state index contributed by atoms with van der Waals surface area (Å²) in [5.74, 6) is -0.0898. The molecule has 6 rings (SSSR count). The number of nitrogens with zero attached hydrogens (tertiary/aromatic N) is 3. The minimum Gasteiger partial charge on any atom is -0.493 e. The van der Waals surface area contributed by atoms with Crippen LogP contribution in [0.3, 0.4) is 0 Å². The van der Waals surface area contributed by atoms with Gasteiger partial charge in [-0.2, -0.15) is 0 Å². The molecule has 40 heavy (non-hydrogen) atoms. The number of fused-ring (bicyclic) bond motifs is 4. The highest BCUT2D eigenvalue weighted by atomic mass is 16.5. The van der Waals surface area contributed by atoms with Crippen LogP contribution in [0, 0.1) is 0 Å². The number of piperidine rings is 2. The molecule has 2 aromatic rings. The SMILES string of the molecule is COc1cc2c(cc1OC)C(C(=O)N1CCC(C(N)=O)(N3CCCCC3)CC1)C1c3ccccc3CCN1C2=O. The van der Waals surface area contributed by atoms with Crippen LogP contribution in [0.15, 0.2) is 36.4 Å². The number of hydrogen-bond acceptors (Lipinski definition) is 6. The third-order valence-electron chi connectivity index (χ3n) is 9.62. The molecule has 4 heterocycles. The molecule has 9 nitrogen and oxygen atoms in total. The number of ether oxygens (including phenoxy) is 2. The lowest BCUT2D eigenvalue weighted by atomic mass is 9.75. The second kappa shape index (κ2) is 10.4. The number of primary amides is 1. The summed E-state index contributed by atoms with van der Waals surface area (Å²) >= 11 is 0. The van der Waals surface area contributed by atoms with Crippen molar-refractivity contribution in [2.24, 2.45) is 5.73 Å². The Bertz CT molecular complexity index is 1330. The van der Waals surface area contributed by atoms with E-state index >= 15 is 0 Å². The summed E-state index contributed by atoms with van der Waals surface area (Å²) in [7, 11) is 3.10. The van der Waals surface area contributed by atoms with Gasteiger partial charge in [-0.15, -0.1) is 0 Å². The largest absolute Gasteiger partial charge is 0.493 e. The van der Waals surface area contributed by atoms with E-state index in [-0.39, 0.29) is 17.7 Å². The topological polar surface area (TPSA) is 105 Å². The predicted molar refractivity (Wildman–Crippen MR) is 149 cm³/mol. The molecule has 2 N–H and O–H groups in total. The molecule has 0 saturated carbocycles. The first-order valence-corrected chi connectivity index (χ1v) is 14.4. The summed E-state index contributed by atoms with van der Waals surface area (Å²) in [5.41, 5.74) is 8.62. The quantitative estimate of drug-likeness (QED) is 0.619. The number of carbonyl (C=O) groups is 3. The molecule has 4 aliphatic rings. The monoisotopic (exact) mass is 546 g/mol. The Labute approximate surface area is 235 Å². The van der Waals surface area contributed by atoms with Crippen LogP contribution < -0.4 is 15.2 Å². The predicted octanol–water partition coefficient (Wildman–Crippen LogP) is 2.87. The highest BCUT2D eigenvalue weighted by Gasteiger charge is 2.51. The van der Waals surface area contributed by atoms with Crippen molar-refractivity contribution in [1.29, 1.82) is 0 Å². The van der Waals surface area contributed by atoms with Gasteiger partial charge in [-0.1, -0.05) is 30.7 Å². The average molecular weight is 547 g/mol. The van der Waals surface area contributed by atoms with Crippen molar-refractivity contribution >= 4 is 17.7 Å². The summed E-state index contributed by atoms with van der Waals surface area (Å²) in [5, 5.41) is 0. The second-order valence-corrected chi connectivity index (χ2v) is 11.4. The number of rotatable bonds is 5. The zero-order chi connectivity index (χ0) is 28.0. The first-order chi connectivity index (χ1) is 19.4. The lowest BCUT2D eigenvalue weighted by Gasteiger charge is -2.50. The smallest absolute Gasteiger partial charge is 0.254 e. The number of carbonyl (C=O) groups excluding carboxylic acids is 3. The molecule has 2 aromatic carbocycles. The highest BCUT2D eigenvalue weighted by molar-refractivity contribution is 6.02. The van der Waals surface area contributed by atoms with Gasteiger partial charge in [0, 0.05) is 25.2 Å². The fourth-order valence-corrected chi connectivity index (χ4v) is 7.45. The molecule has 0 radical (unpaired) electrons. The first kappa shape index (κ1) is 26.6. The van der Waals surface area contributed by atoms with Gasteiger partial charge in [-0.05, 0) is 74.0 Å². The minimum atomic E-state index is -0.711. The standard InChI is InChI=1S/C31H38N4O5/c1-39-24-18-22-23(19-25(24)40-2)28(36)35-15-10-20-8-4-5-9-21(20)27(35)26(22)29(37)33-16-11-31(12-17-33,30(32)38)34-13-6-3-7-14-34/h4-5,8-9,18-19,26-27H,3,6-7,10-17H2,1-2H3,(H2,32,38). The van der Waals surface area contributed by atoms with E-state index in [4.69, 9.17) is 15.2 Å². The van der Waals surface area contributed by atoms with Gasteiger partial charge >= 0.3 is 0 Å². The lowest BCUT2D eigenvalue weighted by molar-refractivity contribution is -0.144. The molecular formula is C31H38N4O5. The molecule has 3 amide bonds. The maximum Gasteiger partial charge on any atom is 0.254 e. The minimum absolute atomic E-state index is 0.0376. The van der Waals surface area contributed by atoms with Gasteiger partial charge in [0.15, 0.2) is 11.5 Å². The Kier molecular flexibility index (Phi) is 6.94. The normalized spacial score (nSPS) is 24.0. The molecule has 2 fully saturated rings. The lowest BCUT2D eigenvalue weighted by Crippen LogP contribution is -2.64. The van der Waals surface area contributed by atoms with Crippen LogP contribution >= 0.6 is 0 Å². The molecule has 2 saturated heterocycles. The molecular weight excluding hydrogens is 508 g/mol. The van der Waals surface area contributed by atoms with Crippen molar-refractivity contribution in [3.8, 4) is 11.5 Å². The van der Waals surface area contributed by atoms with Gasteiger partial charge in [0.25, 0.3) is 5.91 Å². The van der Waals surface area contributed by atoms with Gasteiger partial charge in [0.05, 0.1) is 26.2 Å². The maximum atomic E-state index is 14.6. The van der Waals surface area contributed by atoms with Gasteiger partial charge in [-0.3, -0.25) is 19.3 Å². The number of likely N-dealkylation sites (tertiary alicyclic amines) is 2. The van der Waals surface area contributed by atoms with E-state index in [9.17, 15) is 14.4 Å². The zero-order valence-electron chi connectivity index (χ0n) is 23.4. The van der Waals surface area contributed by atoms with Crippen molar-refractivity contribution in [1.82, 2.24) is 14.7 Å². The van der Waals surface area contributed by atoms with Crippen LogP contribution in [0.25, 0.3) is 0 Å². The van der Waals surface area contributed by atoms with Crippen LogP contribution in [-0.4, -0.2) is 84.9 Å². The number of amides is 3. The summed E-state index contributed by atoms with van der Waals surface area (Å²) in [6, 6.07) is 11.2. The van der Waals surface area contributed by atoms with Crippen LogP contribution in [0.1, 0.15) is 71.1 Å². The van der Waals surface area contributed by atoms with Crippen molar-refractivity contribution in [2.45, 2.75) is 56.0 Å². The number of methoxy groups -OCH3 is 2. The Morgan fingerprint density at radius 3 is 2.25 bits per heavy atom. The molecule has 0 spiro atoms. The fourth-order valence-electron chi connectivity index (χ4n) is 7.45. The van der Waals surface area contributed by atoms with Gasteiger partial charge in [-0.25, -0.2) is 0 Å². The van der Waals surface area contributed by atoms with Crippen LogP contribution in [0.4, 0.5) is 0 Å². The van der Waals surface area contributed by atoms with Crippen molar-refractivity contribution in [3.63, 3.8) is 0 Å². The maximum absolute atomic E-state index is 14.6. The molecule has 4 aliphatic heterocycles. The Morgan fingerprint density at radius 2 is 1.57 bits per heavy atom. The van der Waals surface area contributed by atoms with Crippen LogP contribution in [-0.2, 0) is 16.0 Å². The molecule has 2 atom stereocenters. The van der Waals surface area contributed by atoms with Gasteiger partial charge in [0.1, 0.15) is 5.54 Å². The van der Waals surface area contributed by atoms with Crippen molar-refractivity contribution < 1.29 is 23.9 Å². The number of nitrogens with two attached hydrogens (primary N) is 1. The van der Waals surface area contributed by atoms with E-state index in [0.29, 0.717) is 55.1 Å². The third-order valence-corrected chi connectivity index (χ3v) is 9.62. The van der Waals surface area contributed by atoms with E-state index in [1.54, 1.807) is 26.4 Å². The van der Waals surface area contributed by atoms with E-state index < -0.39 is 17.5 Å². The fraction of sp³-hybridized carbons (Fsp3) is 0.516. The Balaban J connectivity index is 1.39. The Hall–Kier alpha value is -3.59. The van der Waals surface area contributed by atoms with E-state index in [2.05, 4.69) is 11.0 Å². The van der Waals surface area contributed by atoms with Gasteiger partial charge < -0.3 is 25.0 Å². The second-order valence-electron chi connectivity index (χ2n) is 11.4. The van der Waals surface area contributed by atoms with E-state index in [1.165, 1.54) is 6.42 Å². The first-order valence-electron chi connectivity index (χ1n) is 14.4. The van der Waals surface area contributed by atoms with Crippen molar-refractivity contribution in [2.75, 3.05) is 46.9 Å². The molecule has 0 bridgehead atoms. The summed E-state index contributed by atoms with van der Waals surface area (Å²) < 4.78 is 11.1. The van der Waals surface area contributed by atoms with Gasteiger partial charge in [0.2, 0.25) is 11.8 Å². The molecule has 212 valence electrons. The summed E-state index contributed by atoms with van der Waals surface area (Å²) in [6.07, 6.45) is 5.07. The number of benzene rings is 2. The summed E-state index contributed by atoms with van der Waals surface area (Å²) in [6.45, 7) is 3.16. The van der Waals surface area contributed by atoms with Crippen LogP contribution in [0.2, 0.25) is 0 Å². The Morgan fingerprint density at radius 1 is 0.900 bits per heavy atom. The average Bonchev–Trinajstić information content (AvgIpc) is 3.00. The highest BCUT2D eigenvalue weighted by Crippen LogP contribution is 2.49. The number of hydrogen-bond donors (Lipinski definition) is 1. The molecule has 9 heteroatoms. The third kappa shape index (κ3) is 4.13. The molecule has 2 unspecified atom stereocenters. The van der Waals surface area contributed by atoms with E-state index in [0.717, 1.165) is 43.5 Å².